The third kappa shape index (κ3) is 4.51. The fourth-order valence-electron chi connectivity index (χ4n) is 1.89. The van der Waals surface area contributed by atoms with Crippen molar-refractivity contribution < 1.29 is 8.42 Å². The van der Waals surface area contributed by atoms with E-state index in [2.05, 4.69) is 19.2 Å². The number of sulfone groups is 1. The Hall–Kier alpha value is -0.0900. The van der Waals surface area contributed by atoms with Gasteiger partial charge in [0.2, 0.25) is 0 Å². The second-order valence-corrected chi connectivity index (χ2v) is 7.38. The molecular weight excluding hydrogens is 210 g/mol. The van der Waals surface area contributed by atoms with Gasteiger partial charge in [0, 0.05) is 17.8 Å². The molecule has 15 heavy (non-hydrogen) atoms. The summed E-state index contributed by atoms with van der Waals surface area (Å²) in [6.45, 7) is 6.82. The third-order valence-electron chi connectivity index (χ3n) is 3.11. The van der Waals surface area contributed by atoms with Crippen LogP contribution in [0, 0.1) is 5.92 Å². The Morgan fingerprint density at radius 3 is 2.33 bits per heavy atom. The standard InChI is InChI=1S/C11H23NO2S/c1-4-8-15(13,14)9-7-12-11(2,3)10-5-6-10/h10,12H,4-9H2,1-3H3. The van der Waals surface area contributed by atoms with Crippen LogP contribution in [0.15, 0.2) is 0 Å². The van der Waals surface area contributed by atoms with Gasteiger partial charge in [0.15, 0.2) is 9.84 Å². The molecule has 1 aliphatic carbocycles. The van der Waals surface area contributed by atoms with Crippen LogP contribution in [0.1, 0.15) is 40.0 Å². The first-order valence-corrected chi connectivity index (χ1v) is 7.65. The van der Waals surface area contributed by atoms with Crippen molar-refractivity contribution in [2.45, 2.75) is 45.6 Å². The van der Waals surface area contributed by atoms with Crippen LogP contribution in [0.25, 0.3) is 0 Å². The van der Waals surface area contributed by atoms with Crippen molar-refractivity contribution in [2.75, 3.05) is 18.1 Å². The van der Waals surface area contributed by atoms with Gasteiger partial charge in [-0.15, -0.1) is 0 Å². The first kappa shape index (κ1) is 13.0. The molecule has 0 bridgehead atoms. The Morgan fingerprint density at radius 1 is 1.27 bits per heavy atom. The van der Waals surface area contributed by atoms with Crippen LogP contribution in [-0.2, 0) is 9.84 Å². The molecule has 0 saturated heterocycles. The summed E-state index contributed by atoms with van der Waals surface area (Å²) in [4.78, 5) is 0. The van der Waals surface area contributed by atoms with Crippen LogP contribution < -0.4 is 5.32 Å². The fraction of sp³-hybridized carbons (Fsp3) is 1.00. The molecule has 0 unspecified atom stereocenters. The van der Waals surface area contributed by atoms with E-state index in [-0.39, 0.29) is 11.3 Å². The van der Waals surface area contributed by atoms with E-state index in [9.17, 15) is 8.42 Å². The van der Waals surface area contributed by atoms with Gasteiger partial charge in [0.05, 0.1) is 5.75 Å². The predicted octanol–water partition coefficient (Wildman–Crippen LogP) is 1.59. The maximum atomic E-state index is 11.5. The lowest BCUT2D eigenvalue weighted by Crippen LogP contribution is -2.43. The summed E-state index contributed by atoms with van der Waals surface area (Å²) in [6, 6.07) is 0. The smallest absolute Gasteiger partial charge is 0.151 e. The van der Waals surface area contributed by atoms with Gasteiger partial charge in [0.1, 0.15) is 0 Å². The van der Waals surface area contributed by atoms with Gasteiger partial charge in [-0.3, -0.25) is 0 Å². The Kier molecular flexibility index (Phi) is 4.18. The quantitative estimate of drug-likeness (QED) is 0.726. The van der Waals surface area contributed by atoms with Crippen LogP contribution in [0.2, 0.25) is 0 Å². The van der Waals surface area contributed by atoms with Crippen molar-refractivity contribution in [3.63, 3.8) is 0 Å². The number of rotatable bonds is 7. The lowest BCUT2D eigenvalue weighted by Gasteiger charge is -2.26. The second-order valence-electron chi connectivity index (χ2n) is 5.07. The highest BCUT2D eigenvalue weighted by Crippen LogP contribution is 2.38. The highest BCUT2D eigenvalue weighted by atomic mass is 32.2. The SMILES string of the molecule is CCCS(=O)(=O)CCNC(C)(C)C1CC1. The number of hydrogen-bond donors (Lipinski definition) is 1. The van der Waals surface area contributed by atoms with E-state index < -0.39 is 9.84 Å². The van der Waals surface area contributed by atoms with Crippen molar-refractivity contribution >= 4 is 9.84 Å². The van der Waals surface area contributed by atoms with E-state index in [1.54, 1.807) is 0 Å². The zero-order chi connectivity index (χ0) is 11.5. The summed E-state index contributed by atoms with van der Waals surface area (Å²) in [5, 5.41) is 3.36. The zero-order valence-corrected chi connectivity index (χ0v) is 10.9. The number of nitrogens with one attached hydrogen (secondary N) is 1. The Labute approximate surface area is 93.6 Å². The number of hydrogen-bond acceptors (Lipinski definition) is 3. The first-order chi connectivity index (χ1) is 6.87. The molecule has 0 spiro atoms. The van der Waals surface area contributed by atoms with E-state index in [1.165, 1.54) is 12.8 Å². The molecular formula is C11H23NO2S. The molecule has 1 rings (SSSR count). The first-order valence-electron chi connectivity index (χ1n) is 5.83. The summed E-state index contributed by atoms with van der Waals surface area (Å²) in [7, 11) is -2.82. The summed E-state index contributed by atoms with van der Waals surface area (Å²) in [6.07, 6.45) is 3.28. The Balaban J connectivity index is 2.26. The Morgan fingerprint density at radius 2 is 1.87 bits per heavy atom. The van der Waals surface area contributed by atoms with E-state index in [1.807, 2.05) is 6.92 Å². The minimum atomic E-state index is -2.82. The van der Waals surface area contributed by atoms with Gasteiger partial charge in [-0.1, -0.05) is 6.92 Å². The average Bonchev–Trinajstić information content (AvgIpc) is 2.84. The summed E-state index contributed by atoms with van der Waals surface area (Å²) >= 11 is 0. The highest BCUT2D eigenvalue weighted by molar-refractivity contribution is 7.91. The maximum Gasteiger partial charge on any atom is 0.151 e. The van der Waals surface area contributed by atoms with Crippen molar-refractivity contribution in [2.24, 2.45) is 5.92 Å². The zero-order valence-electron chi connectivity index (χ0n) is 10.0. The molecule has 0 amide bonds. The molecule has 0 aromatic carbocycles. The molecule has 0 aliphatic heterocycles. The molecule has 0 heterocycles. The Bertz CT molecular complexity index is 292. The molecule has 1 aliphatic rings. The molecule has 0 radical (unpaired) electrons. The molecule has 0 aromatic heterocycles. The van der Waals surface area contributed by atoms with Crippen molar-refractivity contribution in [1.82, 2.24) is 5.32 Å². The lowest BCUT2D eigenvalue weighted by molar-refractivity contribution is 0.350. The normalized spacial score (nSPS) is 18.1. The van der Waals surface area contributed by atoms with Crippen molar-refractivity contribution in [3.8, 4) is 0 Å². The van der Waals surface area contributed by atoms with Gasteiger partial charge >= 0.3 is 0 Å². The third-order valence-corrected chi connectivity index (χ3v) is 4.96. The largest absolute Gasteiger partial charge is 0.311 e. The van der Waals surface area contributed by atoms with Crippen LogP contribution in [-0.4, -0.2) is 32.0 Å². The molecule has 0 aromatic rings. The highest BCUT2D eigenvalue weighted by Gasteiger charge is 2.37. The maximum absolute atomic E-state index is 11.5. The van der Waals surface area contributed by atoms with E-state index in [0.717, 1.165) is 5.92 Å². The molecule has 3 nitrogen and oxygen atoms in total. The van der Waals surface area contributed by atoms with Crippen LogP contribution in [0.3, 0.4) is 0 Å². The van der Waals surface area contributed by atoms with Crippen LogP contribution in [0.4, 0.5) is 0 Å². The summed E-state index contributed by atoms with van der Waals surface area (Å²) in [5.74, 6) is 1.33. The molecule has 1 saturated carbocycles. The van der Waals surface area contributed by atoms with Crippen LogP contribution >= 0.6 is 0 Å². The second kappa shape index (κ2) is 4.83. The van der Waals surface area contributed by atoms with E-state index >= 15 is 0 Å². The molecule has 1 N–H and O–H groups in total. The monoisotopic (exact) mass is 233 g/mol. The van der Waals surface area contributed by atoms with E-state index in [4.69, 9.17) is 0 Å². The molecule has 1 fully saturated rings. The van der Waals surface area contributed by atoms with Crippen molar-refractivity contribution in [1.29, 1.82) is 0 Å². The topological polar surface area (TPSA) is 46.2 Å². The molecule has 90 valence electrons. The minimum absolute atomic E-state index is 0.113. The lowest BCUT2D eigenvalue weighted by atomic mass is 9.99. The molecule has 0 atom stereocenters. The van der Waals surface area contributed by atoms with Gasteiger partial charge in [-0.2, -0.15) is 0 Å². The van der Waals surface area contributed by atoms with E-state index in [0.29, 0.717) is 18.7 Å². The summed E-state index contributed by atoms with van der Waals surface area (Å²) in [5.41, 5.74) is 0.113. The van der Waals surface area contributed by atoms with Gasteiger partial charge < -0.3 is 5.32 Å². The average molecular weight is 233 g/mol. The van der Waals surface area contributed by atoms with Gasteiger partial charge in [-0.05, 0) is 39.0 Å². The van der Waals surface area contributed by atoms with Gasteiger partial charge in [0.25, 0.3) is 0 Å². The van der Waals surface area contributed by atoms with Gasteiger partial charge in [-0.25, -0.2) is 8.42 Å². The fourth-order valence-corrected chi connectivity index (χ4v) is 3.13. The minimum Gasteiger partial charge on any atom is -0.311 e. The van der Waals surface area contributed by atoms with Crippen LogP contribution in [0.5, 0.6) is 0 Å². The van der Waals surface area contributed by atoms with Crippen molar-refractivity contribution in [3.05, 3.63) is 0 Å². The molecule has 4 heteroatoms. The summed E-state index contributed by atoms with van der Waals surface area (Å²) < 4.78 is 22.9. The predicted molar refractivity (Wildman–Crippen MR) is 63.8 cm³/mol.